The molecular weight excluding hydrogens is 778 g/mol. The molecule has 0 radical (unpaired) electrons. The zero-order chi connectivity index (χ0) is 40.6. The van der Waals surface area contributed by atoms with Gasteiger partial charge in [0.1, 0.15) is 24.4 Å². The number of aliphatic hydroxyl groups excluding tert-OH is 2. The predicted molar refractivity (Wildman–Crippen MR) is 211 cm³/mol. The predicted octanol–water partition coefficient (Wildman–Crippen LogP) is 4.49. The van der Waals surface area contributed by atoms with Crippen molar-refractivity contribution in [2.45, 2.75) is 152 Å². The molecule has 5 heterocycles. The first kappa shape index (κ1) is 45.5. The molecular formula is C37H58O13P2S2. The lowest BCUT2D eigenvalue weighted by atomic mass is 10.1. The standard InChI is InChI=1S/C15H21O2P.C12H17O2P.C9H16O6S.CH4O3S/c1-10-13-14(17-15(3,4)16-13)11(2)18(10)12-8-6-5-7-9-12;1-8-11(13)12(14)9(2)15(8)10-6-4-3-5-7-10;1-5-7-8(13-9(3,4)12-7)6(2)15-16(10,11)14-5;1-5(2,3)4/h5-11,13-14H,1-4H3;3-9,11-14H,1-2H3;5-8H,1-4H3;1H3,(H,2,3,4)/t10-,11-,13+,14+;8-,9-,11+,12+;5-,6-,7?,8?;/m001./s1. The van der Waals surface area contributed by atoms with E-state index >= 15 is 0 Å². The molecule has 13 nitrogen and oxygen atoms in total. The number of ether oxygens (including phenoxy) is 4. The Kier molecular flexibility index (Phi) is 15.0. The summed E-state index contributed by atoms with van der Waals surface area (Å²) in [5, 5.41) is 22.4. The Balaban J connectivity index is 0.000000170. The van der Waals surface area contributed by atoms with Gasteiger partial charge in [0.2, 0.25) is 0 Å². The molecule has 0 aromatic heterocycles. The largest absolute Gasteiger partial charge is 0.400 e. The molecule has 0 amide bonds. The van der Waals surface area contributed by atoms with E-state index in [-0.39, 0.29) is 31.4 Å². The maximum atomic E-state index is 11.3. The monoisotopic (exact) mass is 836 g/mol. The molecule has 2 unspecified atom stereocenters. The second kappa shape index (κ2) is 17.8. The van der Waals surface area contributed by atoms with Crippen LogP contribution >= 0.6 is 15.8 Å². The van der Waals surface area contributed by atoms with Gasteiger partial charge in [-0.1, -0.05) is 104 Å². The van der Waals surface area contributed by atoms with Crippen LogP contribution in [0.1, 0.15) is 69.2 Å². The molecule has 0 aliphatic carbocycles. The summed E-state index contributed by atoms with van der Waals surface area (Å²) in [6.07, 6.45) is -2.01. The molecule has 3 N–H and O–H groups in total. The molecule has 306 valence electrons. The van der Waals surface area contributed by atoms with Gasteiger partial charge in [0, 0.05) is 22.6 Å². The molecule has 5 aliphatic heterocycles. The van der Waals surface area contributed by atoms with Crippen LogP contribution in [0.2, 0.25) is 0 Å². The molecule has 2 aromatic carbocycles. The third kappa shape index (κ3) is 11.5. The Morgan fingerprint density at radius 2 is 0.852 bits per heavy atom. The van der Waals surface area contributed by atoms with Crippen LogP contribution in [0.5, 0.6) is 0 Å². The molecule has 5 saturated heterocycles. The van der Waals surface area contributed by atoms with Crippen molar-refractivity contribution in [1.82, 2.24) is 0 Å². The second-order valence-electron chi connectivity index (χ2n) is 15.3. The number of benzene rings is 2. The summed E-state index contributed by atoms with van der Waals surface area (Å²) in [5.41, 5.74) is 1.52. The normalized spacial score (nSPS) is 40.0. The number of hydrogen-bond donors (Lipinski definition) is 3. The maximum absolute atomic E-state index is 11.3. The van der Waals surface area contributed by atoms with Gasteiger partial charge in [0.25, 0.3) is 10.1 Å². The SMILES string of the molecule is CS(=O)(=O)O.C[C@H]1OS(=O)(=O)O[C@H](C)C2OC(C)(C)OC21.C[C@H]1[C@@H](O)[C@H](O)[C@H](C)P1c1ccccc1.C[C@H]1[C@H]2OC(C)(C)O[C@@H]2[C@H](C)P1c1ccccc1. The highest BCUT2D eigenvalue weighted by Crippen LogP contribution is 2.59. The van der Waals surface area contributed by atoms with Gasteiger partial charge in [-0.3, -0.25) is 4.55 Å². The summed E-state index contributed by atoms with van der Waals surface area (Å²) in [6, 6.07) is 21.1. The summed E-state index contributed by atoms with van der Waals surface area (Å²) in [5.74, 6) is -1.15. The van der Waals surface area contributed by atoms with E-state index in [4.69, 9.17) is 31.9 Å². The highest BCUT2D eigenvalue weighted by atomic mass is 32.3. The summed E-state index contributed by atoms with van der Waals surface area (Å²) >= 11 is 0. The Bertz CT molecular complexity index is 1660. The van der Waals surface area contributed by atoms with Crippen molar-refractivity contribution in [3.05, 3.63) is 60.7 Å². The third-order valence-corrected chi connectivity index (χ3v) is 17.5. The van der Waals surface area contributed by atoms with E-state index in [1.54, 1.807) is 27.7 Å². The molecule has 54 heavy (non-hydrogen) atoms. The lowest BCUT2D eigenvalue weighted by molar-refractivity contribution is -0.160. The van der Waals surface area contributed by atoms with E-state index in [0.717, 1.165) is 0 Å². The lowest BCUT2D eigenvalue weighted by Crippen LogP contribution is -2.38. The summed E-state index contributed by atoms with van der Waals surface area (Å²) in [6.45, 7) is 19.6. The summed E-state index contributed by atoms with van der Waals surface area (Å²) < 4.78 is 81.6. The smallest absolute Gasteiger partial charge is 0.390 e. The van der Waals surface area contributed by atoms with Crippen LogP contribution in [0, 0.1) is 0 Å². The zero-order valence-electron chi connectivity index (χ0n) is 32.8. The Labute approximate surface area is 324 Å². The van der Waals surface area contributed by atoms with E-state index in [1.807, 2.05) is 45.9 Å². The quantitative estimate of drug-likeness (QED) is 0.285. The molecule has 0 bridgehead atoms. The number of fused-ring (bicyclic) bond motifs is 2. The first-order valence-electron chi connectivity index (χ1n) is 18.1. The average molecular weight is 837 g/mol. The maximum Gasteiger partial charge on any atom is 0.400 e. The van der Waals surface area contributed by atoms with Crippen molar-refractivity contribution in [3.8, 4) is 0 Å². The van der Waals surface area contributed by atoms with E-state index in [2.05, 4.69) is 56.3 Å². The topological polar surface area (TPSA) is 184 Å². The highest BCUT2D eigenvalue weighted by Gasteiger charge is 2.56. The Morgan fingerprint density at radius 1 is 0.574 bits per heavy atom. The Hall–Kier alpha value is -1.16. The molecule has 12 atom stereocenters. The Morgan fingerprint density at radius 3 is 1.17 bits per heavy atom. The first-order chi connectivity index (χ1) is 24.8. The van der Waals surface area contributed by atoms with Crippen molar-refractivity contribution in [1.29, 1.82) is 0 Å². The van der Waals surface area contributed by atoms with Gasteiger partial charge >= 0.3 is 10.4 Å². The molecule has 7 rings (SSSR count). The van der Waals surface area contributed by atoms with Crippen LogP contribution in [-0.2, 0) is 47.8 Å². The fourth-order valence-corrected chi connectivity index (χ4v) is 15.2. The van der Waals surface area contributed by atoms with E-state index in [9.17, 15) is 27.0 Å². The summed E-state index contributed by atoms with van der Waals surface area (Å²) in [4.78, 5) is 0. The average Bonchev–Trinajstić information content (AvgIpc) is 3.69. The zero-order valence-corrected chi connectivity index (χ0v) is 36.3. The molecule has 0 saturated carbocycles. The van der Waals surface area contributed by atoms with Gasteiger partial charge in [-0.2, -0.15) is 16.8 Å². The molecule has 5 fully saturated rings. The van der Waals surface area contributed by atoms with Gasteiger partial charge in [-0.05, 0) is 52.2 Å². The van der Waals surface area contributed by atoms with Gasteiger partial charge in [0.15, 0.2) is 11.6 Å². The summed E-state index contributed by atoms with van der Waals surface area (Å²) in [7, 11) is -8.25. The van der Waals surface area contributed by atoms with Crippen LogP contribution in [-0.4, -0.2) is 121 Å². The molecule has 0 spiro atoms. The van der Waals surface area contributed by atoms with Crippen LogP contribution in [0.4, 0.5) is 0 Å². The number of hydrogen-bond acceptors (Lipinski definition) is 12. The van der Waals surface area contributed by atoms with Crippen LogP contribution in [0.15, 0.2) is 60.7 Å². The fourth-order valence-electron chi connectivity index (χ4n) is 7.71. The van der Waals surface area contributed by atoms with Crippen molar-refractivity contribution in [3.63, 3.8) is 0 Å². The minimum absolute atomic E-state index is 0.187. The minimum atomic E-state index is -3.96. The van der Waals surface area contributed by atoms with E-state index in [0.29, 0.717) is 17.6 Å². The third-order valence-electron chi connectivity index (χ3n) is 9.94. The van der Waals surface area contributed by atoms with Crippen molar-refractivity contribution >= 4 is 47.0 Å². The first-order valence-corrected chi connectivity index (χ1v) is 24.2. The van der Waals surface area contributed by atoms with E-state index in [1.165, 1.54) is 10.6 Å². The van der Waals surface area contributed by atoms with Gasteiger partial charge < -0.3 is 29.2 Å². The van der Waals surface area contributed by atoms with Crippen LogP contribution in [0.25, 0.3) is 0 Å². The van der Waals surface area contributed by atoms with E-state index < -0.39 is 76.6 Å². The molecule has 17 heteroatoms. The van der Waals surface area contributed by atoms with Gasteiger partial charge in [-0.25, -0.2) is 8.37 Å². The van der Waals surface area contributed by atoms with Gasteiger partial charge in [0.05, 0.1) is 30.7 Å². The van der Waals surface area contributed by atoms with Crippen molar-refractivity contribution in [2.75, 3.05) is 6.26 Å². The fraction of sp³-hybridized carbons (Fsp3) is 0.676. The lowest BCUT2D eigenvalue weighted by Gasteiger charge is -2.27. The molecule has 5 aliphatic rings. The van der Waals surface area contributed by atoms with Crippen molar-refractivity contribution in [2.24, 2.45) is 0 Å². The molecule has 2 aromatic rings. The minimum Gasteiger partial charge on any atom is -0.390 e. The van der Waals surface area contributed by atoms with Crippen LogP contribution < -0.4 is 10.6 Å². The number of aliphatic hydroxyl groups is 2. The van der Waals surface area contributed by atoms with Gasteiger partial charge in [-0.15, -0.1) is 0 Å². The van der Waals surface area contributed by atoms with Crippen LogP contribution in [0.3, 0.4) is 0 Å². The number of rotatable bonds is 2. The van der Waals surface area contributed by atoms with Crippen molar-refractivity contribution < 1.29 is 58.9 Å². The highest BCUT2D eigenvalue weighted by molar-refractivity contribution is 7.85. The second-order valence-corrected chi connectivity index (χ2v) is 23.9.